The van der Waals surface area contributed by atoms with Crippen molar-refractivity contribution >= 4 is 11.9 Å². The summed E-state index contributed by atoms with van der Waals surface area (Å²) in [6, 6.07) is 19.0. The molecule has 0 fully saturated rings. The molecule has 5 rings (SSSR count). The van der Waals surface area contributed by atoms with Gasteiger partial charge in [-0.1, -0.05) is 60.2 Å². The third-order valence-corrected chi connectivity index (χ3v) is 6.21. The largest absolute Gasteiger partial charge is 0.315 e. The molecule has 0 spiro atoms. The predicted octanol–water partition coefficient (Wildman–Crippen LogP) is 3.56. The lowest BCUT2D eigenvalue weighted by Gasteiger charge is -2.45. The highest BCUT2D eigenvalue weighted by molar-refractivity contribution is 6.09. The molecular weight excluding hydrogens is 372 g/mol. The maximum Gasteiger partial charge on any atom is 0.259 e. The number of nitrogens with zero attached hydrogens (tertiary/aromatic N) is 4. The third-order valence-electron chi connectivity index (χ3n) is 6.21. The van der Waals surface area contributed by atoms with E-state index in [0.29, 0.717) is 13.1 Å². The molecule has 0 saturated heterocycles. The van der Waals surface area contributed by atoms with Crippen molar-refractivity contribution in [1.29, 1.82) is 0 Å². The molecule has 154 valence electrons. The van der Waals surface area contributed by atoms with Crippen LogP contribution in [0.1, 0.15) is 29.5 Å². The van der Waals surface area contributed by atoms with Crippen molar-refractivity contribution in [2.75, 3.05) is 26.2 Å². The Hall–Kier alpha value is -2.92. The predicted molar refractivity (Wildman–Crippen MR) is 119 cm³/mol. The number of aryl methyl sites for hydroxylation is 1. The van der Waals surface area contributed by atoms with E-state index in [-0.39, 0.29) is 5.91 Å². The number of guanidine groups is 1. The topological polar surface area (TPSA) is 39.2 Å². The Balaban J connectivity index is 1.42. The number of hydrogen-bond donors (Lipinski definition) is 0. The van der Waals surface area contributed by atoms with Crippen LogP contribution in [0.3, 0.4) is 0 Å². The molecule has 2 aromatic rings. The number of carbonyl (C=O) groups excluding carboxylic acids is 1. The van der Waals surface area contributed by atoms with Crippen LogP contribution in [0.15, 0.2) is 70.9 Å². The van der Waals surface area contributed by atoms with E-state index in [0.717, 1.165) is 56.1 Å². The lowest BCUT2D eigenvalue weighted by Crippen LogP contribution is -2.56. The normalized spacial score (nSPS) is 19.5. The average molecular weight is 401 g/mol. The number of fused-ring (bicyclic) bond motifs is 2. The first-order valence-corrected chi connectivity index (χ1v) is 10.9. The number of rotatable bonds is 4. The molecule has 1 amide bonds. The smallest absolute Gasteiger partial charge is 0.259 e. The van der Waals surface area contributed by atoms with E-state index in [4.69, 9.17) is 4.99 Å². The minimum atomic E-state index is 0.125. The zero-order valence-corrected chi connectivity index (χ0v) is 17.6. The van der Waals surface area contributed by atoms with E-state index in [1.54, 1.807) is 0 Å². The lowest BCUT2D eigenvalue weighted by molar-refractivity contribution is -0.125. The van der Waals surface area contributed by atoms with Gasteiger partial charge in [-0.25, -0.2) is 0 Å². The molecule has 3 aliphatic heterocycles. The van der Waals surface area contributed by atoms with Crippen molar-refractivity contribution in [3.05, 3.63) is 82.6 Å². The van der Waals surface area contributed by atoms with Gasteiger partial charge in [0.1, 0.15) is 0 Å². The lowest BCUT2D eigenvalue weighted by atomic mass is 9.99. The second kappa shape index (κ2) is 8.07. The zero-order chi connectivity index (χ0) is 20.5. The zero-order valence-electron chi connectivity index (χ0n) is 17.6. The maximum atomic E-state index is 13.6. The number of carbonyl (C=O) groups is 1. The molecule has 3 aliphatic rings. The quantitative estimate of drug-likeness (QED) is 0.788. The first kappa shape index (κ1) is 19.1. The second-order valence-corrected chi connectivity index (χ2v) is 8.44. The molecule has 0 bridgehead atoms. The van der Waals surface area contributed by atoms with Crippen LogP contribution >= 0.6 is 0 Å². The van der Waals surface area contributed by atoms with Crippen LogP contribution in [0.25, 0.3) is 0 Å². The highest BCUT2D eigenvalue weighted by atomic mass is 16.2. The Bertz CT molecular complexity index is 994. The Morgan fingerprint density at radius 2 is 1.70 bits per heavy atom. The van der Waals surface area contributed by atoms with E-state index in [2.05, 4.69) is 65.3 Å². The molecule has 30 heavy (non-hydrogen) atoms. The van der Waals surface area contributed by atoms with Gasteiger partial charge in [-0.2, -0.15) is 0 Å². The number of aliphatic imine (C=N–C) groups is 1. The highest BCUT2D eigenvalue weighted by Gasteiger charge is 2.40. The Morgan fingerprint density at radius 1 is 0.933 bits per heavy atom. The fourth-order valence-electron chi connectivity index (χ4n) is 4.63. The summed E-state index contributed by atoms with van der Waals surface area (Å²) in [6.07, 6.45) is 1.95. The molecule has 0 saturated carbocycles. The molecule has 0 atom stereocenters. The monoisotopic (exact) mass is 400 g/mol. The van der Waals surface area contributed by atoms with Gasteiger partial charge in [-0.15, -0.1) is 0 Å². The summed E-state index contributed by atoms with van der Waals surface area (Å²) in [5.41, 5.74) is 5.81. The fourth-order valence-corrected chi connectivity index (χ4v) is 4.63. The summed E-state index contributed by atoms with van der Waals surface area (Å²) < 4.78 is 0. The van der Waals surface area contributed by atoms with Gasteiger partial charge in [-0.3, -0.25) is 19.6 Å². The molecular formula is C25H28N4O. The van der Waals surface area contributed by atoms with Crippen molar-refractivity contribution in [2.45, 2.75) is 32.9 Å². The van der Waals surface area contributed by atoms with Crippen molar-refractivity contribution in [3.8, 4) is 0 Å². The van der Waals surface area contributed by atoms with Crippen molar-refractivity contribution < 1.29 is 4.79 Å². The Kier molecular flexibility index (Phi) is 5.13. The van der Waals surface area contributed by atoms with Gasteiger partial charge in [-0.05, 0) is 24.5 Å². The van der Waals surface area contributed by atoms with Gasteiger partial charge in [0.05, 0.1) is 12.1 Å². The summed E-state index contributed by atoms with van der Waals surface area (Å²) in [7, 11) is 0. The number of amides is 1. The van der Waals surface area contributed by atoms with Gasteiger partial charge in [0.2, 0.25) is 5.96 Å². The minimum Gasteiger partial charge on any atom is -0.315 e. The number of benzene rings is 2. The summed E-state index contributed by atoms with van der Waals surface area (Å²) in [5, 5.41) is 0. The molecule has 0 radical (unpaired) electrons. The average Bonchev–Trinajstić information content (AvgIpc) is 2.79. The molecule has 2 aromatic carbocycles. The molecule has 0 N–H and O–H groups in total. The van der Waals surface area contributed by atoms with E-state index in [9.17, 15) is 4.79 Å². The molecule has 3 heterocycles. The minimum absolute atomic E-state index is 0.125. The third kappa shape index (κ3) is 3.65. The summed E-state index contributed by atoms with van der Waals surface area (Å²) in [4.78, 5) is 25.0. The molecule has 0 unspecified atom stereocenters. The highest BCUT2D eigenvalue weighted by Crippen LogP contribution is 2.32. The molecule has 5 nitrogen and oxygen atoms in total. The Morgan fingerprint density at radius 3 is 2.50 bits per heavy atom. The molecule has 0 aliphatic carbocycles. The first-order valence-electron chi connectivity index (χ1n) is 10.9. The van der Waals surface area contributed by atoms with Crippen LogP contribution in [0.5, 0.6) is 0 Å². The van der Waals surface area contributed by atoms with Crippen LogP contribution < -0.4 is 0 Å². The second-order valence-electron chi connectivity index (χ2n) is 8.44. The standard InChI is InChI=1S/C25H28N4O/c1-19-8-10-21(11-9-19)17-29-24(30)22-18-27(16-20-6-3-2-4-7-20)15-12-23(22)28-14-5-13-26-25(28)29/h2-4,6-11H,5,12-18H2,1H3. The van der Waals surface area contributed by atoms with Crippen LogP contribution in [-0.2, 0) is 17.9 Å². The van der Waals surface area contributed by atoms with E-state index in [1.807, 2.05) is 11.0 Å². The SMILES string of the molecule is Cc1ccc(CN2C(=O)C3=C(CCN(Cc4ccccc4)C3)N3CCCN=C23)cc1. The van der Waals surface area contributed by atoms with Crippen LogP contribution in [0.2, 0.25) is 0 Å². The summed E-state index contributed by atoms with van der Waals surface area (Å²) in [5.74, 6) is 0.974. The van der Waals surface area contributed by atoms with Gasteiger partial charge in [0.15, 0.2) is 0 Å². The van der Waals surface area contributed by atoms with Gasteiger partial charge >= 0.3 is 0 Å². The van der Waals surface area contributed by atoms with Crippen LogP contribution in [0.4, 0.5) is 0 Å². The van der Waals surface area contributed by atoms with Gasteiger partial charge in [0.25, 0.3) is 5.91 Å². The molecule has 5 heteroatoms. The first-order chi connectivity index (χ1) is 14.7. The van der Waals surface area contributed by atoms with E-state index in [1.165, 1.54) is 16.8 Å². The van der Waals surface area contributed by atoms with Crippen molar-refractivity contribution in [3.63, 3.8) is 0 Å². The van der Waals surface area contributed by atoms with E-state index >= 15 is 0 Å². The van der Waals surface area contributed by atoms with Gasteiger partial charge in [0, 0.05) is 44.8 Å². The fraction of sp³-hybridized carbons (Fsp3) is 0.360. The summed E-state index contributed by atoms with van der Waals surface area (Å²) in [6.45, 7) is 6.97. The Labute approximate surface area is 178 Å². The van der Waals surface area contributed by atoms with Gasteiger partial charge < -0.3 is 4.90 Å². The number of hydrogen-bond acceptors (Lipinski definition) is 4. The van der Waals surface area contributed by atoms with Crippen LogP contribution in [-0.4, -0.2) is 52.7 Å². The molecule has 0 aromatic heterocycles. The summed E-state index contributed by atoms with van der Waals surface area (Å²) >= 11 is 0. The maximum absolute atomic E-state index is 13.6. The van der Waals surface area contributed by atoms with Crippen molar-refractivity contribution in [1.82, 2.24) is 14.7 Å². The van der Waals surface area contributed by atoms with Crippen LogP contribution in [0, 0.1) is 6.92 Å². The van der Waals surface area contributed by atoms with E-state index < -0.39 is 0 Å². The van der Waals surface area contributed by atoms with Crippen molar-refractivity contribution in [2.24, 2.45) is 4.99 Å².